The Balaban J connectivity index is 1.81. The Morgan fingerprint density at radius 3 is 1.54 bits per heavy atom. The Kier molecular flexibility index (Phi) is 6.67. The van der Waals surface area contributed by atoms with Crippen molar-refractivity contribution in [2.24, 2.45) is 0 Å². The van der Waals surface area contributed by atoms with Crippen molar-refractivity contribution in [2.75, 3.05) is 0 Å². The number of rotatable bonds is 7. The molecule has 0 fully saturated rings. The Morgan fingerprint density at radius 1 is 0.514 bits per heavy atom. The maximum atomic E-state index is 2.84. The Labute approximate surface area is 210 Å². The van der Waals surface area contributed by atoms with Gasteiger partial charge in [-0.2, -0.15) is 0 Å². The summed E-state index contributed by atoms with van der Waals surface area (Å²) in [5, 5.41) is 5.56. The fourth-order valence-electron chi connectivity index (χ4n) is 5.75. The van der Waals surface area contributed by atoms with Crippen molar-refractivity contribution in [3.63, 3.8) is 0 Å². The molecule has 0 saturated heterocycles. The van der Waals surface area contributed by atoms with E-state index in [1.807, 2.05) is 0 Å². The molecule has 0 aliphatic rings. The van der Waals surface area contributed by atoms with Gasteiger partial charge in [-0.25, -0.2) is 0 Å². The zero-order valence-corrected chi connectivity index (χ0v) is 21.8. The molecule has 5 rings (SSSR count). The molecule has 0 unspecified atom stereocenters. The van der Waals surface area contributed by atoms with Crippen LogP contribution in [0.4, 0.5) is 0 Å². The van der Waals surface area contributed by atoms with Gasteiger partial charge in [0, 0.05) is 12.1 Å². The zero-order valence-electron chi connectivity index (χ0n) is 20.8. The molecule has 2 heteroatoms. The molecule has 0 bridgehead atoms. The van der Waals surface area contributed by atoms with Crippen LogP contribution < -0.4 is 10.4 Å². The lowest BCUT2D eigenvalue weighted by atomic mass is 10.0. The van der Waals surface area contributed by atoms with E-state index in [0.717, 1.165) is 0 Å². The summed E-state index contributed by atoms with van der Waals surface area (Å²) in [6.45, 7) is 7.31. The average molecular weight is 472 g/mol. The van der Waals surface area contributed by atoms with Gasteiger partial charge in [-0.05, 0) is 52.7 Å². The van der Waals surface area contributed by atoms with Crippen LogP contribution >= 0.6 is 0 Å². The van der Waals surface area contributed by atoms with E-state index in [4.69, 9.17) is 0 Å². The van der Waals surface area contributed by atoms with Gasteiger partial charge in [-0.1, -0.05) is 133 Å². The molecule has 0 aliphatic carbocycles. The van der Waals surface area contributed by atoms with Gasteiger partial charge < -0.3 is 4.57 Å². The fourth-order valence-corrected chi connectivity index (χ4v) is 10.5. The molecule has 3 atom stereocenters. The maximum Gasteiger partial charge on any atom is 0.191 e. The number of hydrogen-bond acceptors (Lipinski definition) is 1. The van der Waals surface area contributed by atoms with Gasteiger partial charge in [-0.3, -0.25) is 0 Å². The molecule has 0 spiro atoms. The van der Waals surface area contributed by atoms with Gasteiger partial charge in [0.25, 0.3) is 0 Å². The van der Waals surface area contributed by atoms with Crippen molar-refractivity contribution in [3.8, 4) is 0 Å². The first kappa shape index (κ1) is 23.3. The SMILES string of the molecule is C[C@H](c1ccccc1)N([C@H](C)c1ccccc1)[Si@](C)(c1ccccc1)c1cccc2ccccc12. The lowest BCUT2D eigenvalue weighted by Gasteiger charge is -2.48. The predicted molar refractivity (Wildman–Crippen MR) is 153 cm³/mol. The molecule has 0 saturated carbocycles. The fraction of sp³-hybridized carbons (Fsp3) is 0.152. The number of fused-ring (bicyclic) bond motifs is 1. The van der Waals surface area contributed by atoms with E-state index >= 15 is 0 Å². The highest BCUT2D eigenvalue weighted by atomic mass is 28.3. The molecule has 0 aliphatic heterocycles. The van der Waals surface area contributed by atoms with Crippen molar-refractivity contribution in [1.29, 1.82) is 0 Å². The molecular weight excluding hydrogens is 438 g/mol. The van der Waals surface area contributed by atoms with Crippen molar-refractivity contribution >= 4 is 29.4 Å². The number of benzene rings is 5. The van der Waals surface area contributed by atoms with E-state index in [9.17, 15) is 0 Å². The quantitative estimate of drug-likeness (QED) is 0.224. The van der Waals surface area contributed by atoms with Gasteiger partial charge in [0.1, 0.15) is 0 Å². The second-order valence-electron chi connectivity index (χ2n) is 9.55. The maximum absolute atomic E-state index is 2.84. The van der Waals surface area contributed by atoms with E-state index in [1.54, 1.807) is 0 Å². The first-order valence-electron chi connectivity index (χ1n) is 12.5. The zero-order chi connectivity index (χ0) is 24.3. The highest BCUT2D eigenvalue weighted by molar-refractivity contribution is 7.00. The first-order chi connectivity index (χ1) is 17.1. The third kappa shape index (κ3) is 4.36. The van der Waals surface area contributed by atoms with E-state index in [0.29, 0.717) is 0 Å². The summed E-state index contributed by atoms with van der Waals surface area (Å²) in [4.78, 5) is 0. The second-order valence-corrected chi connectivity index (χ2v) is 13.3. The molecule has 5 aromatic rings. The molecule has 0 N–H and O–H groups in total. The van der Waals surface area contributed by atoms with Gasteiger partial charge in [0.2, 0.25) is 0 Å². The standard InChI is InChI=1S/C33H33NSi/c1-26(28-16-7-4-8-17-28)34(27(2)29-18-9-5-10-19-29)35(3,31-22-11-6-12-23-31)33-25-15-21-30-20-13-14-24-32(30)33/h4-27H,1-3H3/t26-,27-,35-/m1/s1. The van der Waals surface area contributed by atoms with Crippen LogP contribution in [0, 0.1) is 0 Å². The van der Waals surface area contributed by atoms with Crippen molar-refractivity contribution in [2.45, 2.75) is 32.5 Å². The van der Waals surface area contributed by atoms with E-state index in [-0.39, 0.29) is 12.1 Å². The highest BCUT2D eigenvalue weighted by Gasteiger charge is 2.45. The lowest BCUT2D eigenvalue weighted by Crippen LogP contribution is -2.69. The summed E-state index contributed by atoms with van der Waals surface area (Å²) in [6, 6.07) is 49.4. The van der Waals surface area contributed by atoms with Crippen LogP contribution in [0.3, 0.4) is 0 Å². The highest BCUT2D eigenvalue weighted by Crippen LogP contribution is 2.36. The van der Waals surface area contributed by atoms with Crippen LogP contribution in [0.2, 0.25) is 6.55 Å². The molecule has 0 amide bonds. The van der Waals surface area contributed by atoms with Crippen molar-refractivity contribution < 1.29 is 0 Å². The van der Waals surface area contributed by atoms with Crippen LogP contribution in [0.15, 0.2) is 133 Å². The molecule has 0 heterocycles. The van der Waals surface area contributed by atoms with E-state index in [2.05, 4.69) is 158 Å². The van der Waals surface area contributed by atoms with Gasteiger partial charge in [-0.15, -0.1) is 0 Å². The molecule has 174 valence electrons. The topological polar surface area (TPSA) is 3.24 Å². The monoisotopic (exact) mass is 471 g/mol. The summed E-state index contributed by atoms with van der Waals surface area (Å²) >= 11 is 0. The number of hydrogen-bond donors (Lipinski definition) is 0. The average Bonchev–Trinajstić information content (AvgIpc) is 2.94. The molecule has 0 radical (unpaired) electrons. The minimum atomic E-state index is -2.45. The second kappa shape index (κ2) is 10.0. The summed E-state index contributed by atoms with van der Waals surface area (Å²) in [5.74, 6) is 0. The van der Waals surface area contributed by atoms with Crippen molar-refractivity contribution in [1.82, 2.24) is 4.57 Å². The molecule has 0 aromatic heterocycles. The third-order valence-electron chi connectivity index (χ3n) is 7.56. The van der Waals surface area contributed by atoms with Crippen LogP contribution in [-0.2, 0) is 0 Å². The van der Waals surface area contributed by atoms with Crippen molar-refractivity contribution in [3.05, 3.63) is 145 Å². The van der Waals surface area contributed by atoms with Crippen LogP contribution in [-0.4, -0.2) is 12.8 Å². The number of nitrogens with zero attached hydrogens (tertiary/aromatic N) is 1. The summed E-state index contributed by atoms with van der Waals surface area (Å²) < 4.78 is 2.84. The molecular formula is C33H33NSi. The normalized spacial score (nSPS) is 15.0. The Bertz CT molecular complexity index is 1330. The van der Waals surface area contributed by atoms with E-state index < -0.39 is 8.24 Å². The Hall–Kier alpha value is -3.46. The van der Waals surface area contributed by atoms with Crippen LogP contribution in [0.1, 0.15) is 37.1 Å². The molecule has 35 heavy (non-hydrogen) atoms. The van der Waals surface area contributed by atoms with Crippen LogP contribution in [0.25, 0.3) is 10.8 Å². The van der Waals surface area contributed by atoms with E-state index in [1.165, 1.54) is 32.3 Å². The smallest absolute Gasteiger partial charge is 0.191 e. The third-order valence-corrected chi connectivity index (χ3v) is 12.3. The van der Waals surface area contributed by atoms with Crippen LogP contribution in [0.5, 0.6) is 0 Å². The predicted octanol–water partition coefficient (Wildman–Crippen LogP) is 7.35. The van der Waals surface area contributed by atoms with Gasteiger partial charge >= 0.3 is 0 Å². The minimum absolute atomic E-state index is 0.238. The summed E-state index contributed by atoms with van der Waals surface area (Å²) in [7, 11) is -2.45. The van der Waals surface area contributed by atoms with Gasteiger partial charge in [0.05, 0.1) is 0 Å². The summed E-state index contributed by atoms with van der Waals surface area (Å²) in [5.41, 5.74) is 2.70. The Morgan fingerprint density at radius 2 is 0.971 bits per heavy atom. The minimum Gasteiger partial charge on any atom is -0.303 e. The summed E-state index contributed by atoms with van der Waals surface area (Å²) in [6.07, 6.45) is 0. The molecule has 1 nitrogen and oxygen atoms in total. The van der Waals surface area contributed by atoms with Gasteiger partial charge in [0.15, 0.2) is 8.24 Å². The first-order valence-corrected chi connectivity index (χ1v) is 15.0. The largest absolute Gasteiger partial charge is 0.303 e. The lowest BCUT2D eigenvalue weighted by molar-refractivity contribution is 0.278. The molecule has 5 aromatic carbocycles.